The van der Waals surface area contributed by atoms with Crippen LogP contribution in [0.1, 0.15) is 48.0 Å². The summed E-state index contributed by atoms with van der Waals surface area (Å²) in [5.74, 6) is -0.473. The van der Waals surface area contributed by atoms with Crippen LogP contribution in [0.2, 0.25) is 20.4 Å². The van der Waals surface area contributed by atoms with Crippen molar-refractivity contribution in [3.05, 3.63) is 61.8 Å². The highest BCUT2D eigenvalue weighted by Gasteiger charge is 2.39. The molecule has 2 aromatic rings. The molecule has 2 atom stereocenters. The number of likely N-dealkylation sites (N-methyl/N-ethyl adjacent to an activating group) is 1. The van der Waals surface area contributed by atoms with Crippen molar-refractivity contribution in [2.24, 2.45) is 5.92 Å². The van der Waals surface area contributed by atoms with E-state index in [0.717, 1.165) is 5.56 Å². The van der Waals surface area contributed by atoms with Gasteiger partial charge in [0.25, 0.3) is 5.91 Å². The first kappa shape index (κ1) is 28.0. The topological polar surface area (TPSA) is 73.8 Å². The second-order valence-corrected chi connectivity index (χ2v) is 11.1. The minimum Gasteiger partial charge on any atom is -0.343 e. The summed E-state index contributed by atoms with van der Waals surface area (Å²) >= 11 is 24.7. The Morgan fingerprint density at radius 1 is 0.919 bits per heavy atom. The van der Waals surface area contributed by atoms with Crippen molar-refractivity contribution in [3.8, 4) is 0 Å². The van der Waals surface area contributed by atoms with E-state index in [4.69, 9.17) is 46.4 Å². The molecule has 0 aliphatic carbocycles. The minimum atomic E-state index is -0.277. The van der Waals surface area contributed by atoms with Gasteiger partial charge in [-0.1, -0.05) is 52.5 Å². The highest BCUT2D eigenvalue weighted by atomic mass is 35.5. The van der Waals surface area contributed by atoms with E-state index in [0.29, 0.717) is 55.5 Å². The van der Waals surface area contributed by atoms with Gasteiger partial charge < -0.3 is 14.7 Å². The lowest BCUT2D eigenvalue weighted by atomic mass is 9.83. The van der Waals surface area contributed by atoms with Crippen LogP contribution >= 0.6 is 46.4 Å². The number of halogens is 4. The van der Waals surface area contributed by atoms with Crippen LogP contribution in [0.25, 0.3) is 0 Å². The normalized spacial score (nSPS) is 20.6. The maximum Gasteiger partial charge on any atom is 0.256 e. The summed E-state index contributed by atoms with van der Waals surface area (Å²) in [4.78, 5) is 47.9. The van der Waals surface area contributed by atoms with Crippen LogP contribution in [-0.2, 0) is 9.59 Å². The molecule has 7 nitrogen and oxygen atoms in total. The number of carbonyl (C=O) groups is 3. The van der Waals surface area contributed by atoms with Gasteiger partial charge in [0.2, 0.25) is 11.8 Å². The molecule has 0 bridgehead atoms. The van der Waals surface area contributed by atoms with Crippen LogP contribution < -0.4 is 0 Å². The molecule has 1 aromatic carbocycles. The zero-order chi connectivity index (χ0) is 26.9. The predicted molar refractivity (Wildman–Crippen MR) is 146 cm³/mol. The fourth-order valence-corrected chi connectivity index (χ4v) is 6.02. The molecule has 3 amide bonds. The highest BCUT2D eigenvalue weighted by Crippen LogP contribution is 2.36. The van der Waals surface area contributed by atoms with E-state index in [1.807, 2.05) is 11.0 Å². The van der Waals surface area contributed by atoms with E-state index < -0.39 is 0 Å². The number of rotatable bonds is 4. The molecule has 4 rings (SSSR count). The summed E-state index contributed by atoms with van der Waals surface area (Å²) in [6.07, 6.45) is 1.87. The Morgan fingerprint density at radius 3 is 2.22 bits per heavy atom. The third kappa shape index (κ3) is 6.17. The van der Waals surface area contributed by atoms with E-state index >= 15 is 0 Å². The molecule has 37 heavy (non-hydrogen) atoms. The molecule has 2 saturated heterocycles. The van der Waals surface area contributed by atoms with Gasteiger partial charge in [-0.05, 0) is 49.1 Å². The second-order valence-electron chi connectivity index (χ2n) is 9.59. The molecule has 0 N–H and O–H groups in total. The first-order valence-electron chi connectivity index (χ1n) is 12.1. The van der Waals surface area contributed by atoms with Gasteiger partial charge >= 0.3 is 0 Å². The van der Waals surface area contributed by atoms with Crippen molar-refractivity contribution < 1.29 is 14.4 Å². The zero-order valence-corrected chi connectivity index (χ0v) is 23.6. The Kier molecular flexibility index (Phi) is 8.89. The third-order valence-corrected chi connectivity index (χ3v) is 8.65. The third-order valence-electron chi connectivity index (χ3n) is 7.41. The van der Waals surface area contributed by atoms with Crippen LogP contribution in [0, 0.1) is 5.92 Å². The maximum absolute atomic E-state index is 13.5. The Hall–Kier alpha value is -2.06. The summed E-state index contributed by atoms with van der Waals surface area (Å²) < 4.78 is 0. The molecular formula is C26H28Cl4N4O3. The Labute approximate surface area is 236 Å². The number of hydrogen-bond acceptors (Lipinski definition) is 4. The number of nitrogens with zero attached hydrogens (tertiary/aromatic N) is 4. The number of benzene rings is 1. The van der Waals surface area contributed by atoms with Gasteiger partial charge in [-0.25, -0.2) is 4.98 Å². The number of carbonyl (C=O) groups excluding carboxylic acids is 3. The quantitative estimate of drug-likeness (QED) is 0.450. The SMILES string of the molecule is CC(=O)N1CCC(C(=O)N2CCC(N(C)C(=O)c3ccc(Cl)nc3Cl)C(c3ccc(Cl)c(Cl)c3)C2)CC1. The van der Waals surface area contributed by atoms with Gasteiger partial charge in [-0.3, -0.25) is 14.4 Å². The van der Waals surface area contributed by atoms with E-state index in [1.54, 1.807) is 42.0 Å². The van der Waals surface area contributed by atoms with Crippen LogP contribution in [-0.4, -0.2) is 76.7 Å². The number of piperidine rings is 2. The van der Waals surface area contributed by atoms with Gasteiger partial charge in [-0.2, -0.15) is 0 Å². The van der Waals surface area contributed by atoms with E-state index in [1.165, 1.54) is 6.07 Å². The monoisotopic (exact) mass is 584 g/mol. The number of pyridine rings is 1. The largest absolute Gasteiger partial charge is 0.343 e. The van der Waals surface area contributed by atoms with E-state index in [2.05, 4.69) is 4.98 Å². The number of likely N-dealkylation sites (tertiary alicyclic amines) is 2. The van der Waals surface area contributed by atoms with E-state index in [-0.39, 0.29) is 51.5 Å². The number of hydrogen-bond donors (Lipinski definition) is 0. The molecule has 198 valence electrons. The molecule has 1 aromatic heterocycles. The van der Waals surface area contributed by atoms with Crippen LogP contribution in [0.3, 0.4) is 0 Å². The summed E-state index contributed by atoms with van der Waals surface area (Å²) in [5.41, 5.74) is 1.15. The van der Waals surface area contributed by atoms with Crippen molar-refractivity contribution in [1.29, 1.82) is 0 Å². The molecule has 0 spiro atoms. The van der Waals surface area contributed by atoms with E-state index in [9.17, 15) is 14.4 Å². The van der Waals surface area contributed by atoms with Crippen molar-refractivity contribution in [1.82, 2.24) is 19.7 Å². The van der Waals surface area contributed by atoms with Crippen molar-refractivity contribution in [2.75, 3.05) is 33.2 Å². The van der Waals surface area contributed by atoms with Gasteiger partial charge in [0.1, 0.15) is 10.3 Å². The smallest absolute Gasteiger partial charge is 0.256 e. The highest BCUT2D eigenvalue weighted by molar-refractivity contribution is 6.42. The van der Waals surface area contributed by atoms with Crippen molar-refractivity contribution in [3.63, 3.8) is 0 Å². The molecule has 0 saturated carbocycles. The minimum absolute atomic E-state index is 0.0371. The summed E-state index contributed by atoms with van der Waals surface area (Å²) in [7, 11) is 1.73. The van der Waals surface area contributed by atoms with Crippen molar-refractivity contribution >= 4 is 64.1 Å². The summed E-state index contributed by atoms with van der Waals surface area (Å²) in [6, 6.07) is 8.30. The fourth-order valence-electron chi connectivity index (χ4n) is 5.29. The Balaban J connectivity index is 1.57. The van der Waals surface area contributed by atoms with Crippen LogP contribution in [0.15, 0.2) is 30.3 Å². The lowest BCUT2D eigenvalue weighted by molar-refractivity contribution is -0.141. The molecule has 11 heteroatoms. The Morgan fingerprint density at radius 2 is 1.59 bits per heavy atom. The van der Waals surface area contributed by atoms with Gasteiger partial charge in [0.05, 0.1) is 15.6 Å². The average Bonchev–Trinajstić information content (AvgIpc) is 2.88. The van der Waals surface area contributed by atoms with Gasteiger partial charge in [-0.15, -0.1) is 0 Å². The van der Waals surface area contributed by atoms with Gasteiger partial charge in [0.15, 0.2) is 0 Å². The molecule has 2 unspecified atom stereocenters. The first-order valence-corrected chi connectivity index (χ1v) is 13.7. The predicted octanol–water partition coefficient (Wildman–Crippen LogP) is 5.41. The first-order chi connectivity index (χ1) is 17.6. The molecule has 2 aliphatic heterocycles. The van der Waals surface area contributed by atoms with Gasteiger partial charge in [0, 0.05) is 58.0 Å². The maximum atomic E-state index is 13.5. The summed E-state index contributed by atoms with van der Waals surface area (Å²) in [6.45, 7) is 3.67. The molecule has 2 aliphatic rings. The standard InChI is InChI=1S/C26H28Cl4N4O3/c1-15(35)33-10-7-16(8-11-33)25(36)34-12-9-22(19(14-34)17-3-5-20(27)21(28)13-17)32(2)26(37)18-4-6-23(29)31-24(18)30/h3-6,13,16,19,22H,7-12,14H2,1-2H3. The lowest BCUT2D eigenvalue weighted by Gasteiger charge is -2.44. The molecular weight excluding hydrogens is 558 g/mol. The number of aromatic nitrogens is 1. The average molecular weight is 586 g/mol. The van der Waals surface area contributed by atoms with Crippen LogP contribution in [0.4, 0.5) is 0 Å². The lowest BCUT2D eigenvalue weighted by Crippen LogP contribution is -2.53. The van der Waals surface area contributed by atoms with Crippen molar-refractivity contribution in [2.45, 2.75) is 38.1 Å². The van der Waals surface area contributed by atoms with Crippen LogP contribution in [0.5, 0.6) is 0 Å². The zero-order valence-electron chi connectivity index (χ0n) is 20.6. The molecule has 0 radical (unpaired) electrons. The second kappa shape index (κ2) is 11.8. The number of amides is 3. The Bertz CT molecular complexity index is 1200. The summed E-state index contributed by atoms with van der Waals surface area (Å²) in [5, 5.41) is 1.10. The fraction of sp³-hybridized carbons (Fsp3) is 0.462. The molecule has 2 fully saturated rings. The molecule has 3 heterocycles.